The fourth-order valence-corrected chi connectivity index (χ4v) is 2.05. The highest BCUT2D eigenvalue weighted by Gasteiger charge is 2.14. The first-order valence-electron chi connectivity index (χ1n) is 4.44. The molecule has 0 aliphatic rings. The van der Waals surface area contributed by atoms with E-state index < -0.39 is 11.4 Å². The Kier molecular flexibility index (Phi) is 3.42. The van der Waals surface area contributed by atoms with E-state index in [2.05, 4.69) is 25.9 Å². The minimum Gasteiger partial charge on any atom is -0.492 e. The number of halogens is 3. The summed E-state index contributed by atoms with van der Waals surface area (Å²) in [5.41, 5.74) is -0.140. The van der Waals surface area contributed by atoms with Crippen LogP contribution in [-0.4, -0.2) is 15.1 Å². The zero-order valence-corrected chi connectivity index (χ0v) is 11.3. The number of benzene rings is 1. The number of rotatable bonds is 1. The number of nitrogens with zero attached hydrogens (tertiary/aromatic N) is 1. The Balaban J connectivity index is 2.74. The Bertz CT molecular complexity index is 622. The average Bonchev–Trinajstić information content (AvgIpc) is 2.25. The van der Waals surface area contributed by atoms with Gasteiger partial charge in [-0.05, 0) is 28.1 Å². The molecule has 7 heteroatoms. The maximum absolute atomic E-state index is 11.5. The average molecular weight is 336 g/mol. The lowest BCUT2D eigenvalue weighted by molar-refractivity contribution is 0.448. The van der Waals surface area contributed by atoms with Crippen LogP contribution in [0.1, 0.15) is 0 Å². The van der Waals surface area contributed by atoms with Gasteiger partial charge in [-0.3, -0.25) is 4.79 Å². The molecule has 88 valence electrons. The van der Waals surface area contributed by atoms with Gasteiger partial charge in [0.1, 0.15) is 10.3 Å². The molecule has 1 aromatic carbocycles. The van der Waals surface area contributed by atoms with Gasteiger partial charge in [-0.2, -0.15) is 4.98 Å². The van der Waals surface area contributed by atoms with Crippen LogP contribution < -0.4 is 5.56 Å². The maximum Gasteiger partial charge on any atom is 0.269 e. The molecule has 2 aromatic rings. The molecule has 2 rings (SSSR count). The summed E-state index contributed by atoms with van der Waals surface area (Å²) in [7, 11) is 0. The molecule has 1 heterocycles. The predicted octanol–water partition coefficient (Wildman–Crippen LogP) is 3.21. The SMILES string of the molecule is O=c1[nH]c(-c2c(Cl)cccc2Cl)nc(O)c1Br. The van der Waals surface area contributed by atoms with Gasteiger partial charge in [-0.25, -0.2) is 0 Å². The molecule has 2 N–H and O–H groups in total. The monoisotopic (exact) mass is 334 g/mol. The summed E-state index contributed by atoms with van der Waals surface area (Å²) in [4.78, 5) is 17.7. The van der Waals surface area contributed by atoms with Crippen LogP contribution in [0.3, 0.4) is 0 Å². The van der Waals surface area contributed by atoms with Crippen LogP contribution >= 0.6 is 39.1 Å². The largest absolute Gasteiger partial charge is 0.492 e. The van der Waals surface area contributed by atoms with Crippen molar-refractivity contribution in [2.24, 2.45) is 0 Å². The van der Waals surface area contributed by atoms with Crippen molar-refractivity contribution in [3.8, 4) is 17.3 Å². The highest BCUT2D eigenvalue weighted by molar-refractivity contribution is 9.10. The second-order valence-corrected chi connectivity index (χ2v) is 4.76. The first-order valence-corrected chi connectivity index (χ1v) is 5.98. The molecular formula is C10H5BrCl2N2O2. The van der Waals surface area contributed by atoms with Crippen LogP contribution in [0.25, 0.3) is 11.4 Å². The van der Waals surface area contributed by atoms with Crippen molar-refractivity contribution in [1.29, 1.82) is 0 Å². The highest BCUT2D eigenvalue weighted by Crippen LogP contribution is 2.33. The summed E-state index contributed by atoms with van der Waals surface area (Å²) < 4.78 is -0.0376. The quantitative estimate of drug-likeness (QED) is 0.841. The van der Waals surface area contributed by atoms with Gasteiger partial charge in [0.05, 0.1) is 15.6 Å². The summed E-state index contributed by atoms with van der Waals surface area (Å²) in [6, 6.07) is 4.90. The Morgan fingerprint density at radius 1 is 1.29 bits per heavy atom. The summed E-state index contributed by atoms with van der Waals surface area (Å²) in [5, 5.41) is 10.1. The molecule has 0 spiro atoms. The molecule has 0 radical (unpaired) electrons. The molecule has 0 saturated heterocycles. The van der Waals surface area contributed by atoms with E-state index in [1.165, 1.54) is 0 Å². The Morgan fingerprint density at radius 3 is 2.41 bits per heavy atom. The lowest BCUT2D eigenvalue weighted by Crippen LogP contribution is -2.10. The molecule has 4 nitrogen and oxygen atoms in total. The fraction of sp³-hybridized carbons (Fsp3) is 0. The second kappa shape index (κ2) is 4.68. The van der Waals surface area contributed by atoms with Crippen LogP contribution in [0, 0.1) is 0 Å². The van der Waals surface area contributed by atoms with E-state index >= 15 is 0 Å². The number of aromatic nitrogens is 2. The van der Waals surface area contributed by atoms with Crippen molar-refractivity contribution in [1.82, 2.24) is 9.97 Å². The van der Waals surface area contributed by atoms with Gasteiger partial charge in [0.25, 0.3) is 5.56 Å². The third kappa shape index (κ3) is 2.31. The summed E-state index contributed by atoms with van der Waals surface area (Å²) in [6.07, 6.45) is 0. The van der Waals surface area contributed by atoms with Gasteiger partial charge in [0.15, 0.2) is 0 Å². The molecule has 0 aliphatic heterocycles. The lowest BCUT2D eigenvalue weighted by Gasteiger charge is -2.06. The van der Waals surface area contributed by atoms with E-state index in [9.17, 15) is 9.90 Å². The molecule has 0 atom stereocenters. The van der Waals surface area contributed by atoms with Crippen molar-refractivity contribution in [2.45, 2.75) is 0 Å². The normalized spacial score (nSPS) is 10.5. The first-order chi connectivity index (χ1) is 8.00. The summed E-state index contributed by atoms with van der Waals surface area (Å²) in [5.74, 6) is -0.300. The Labute approximate surface area is 114 Å². The zero-order chi connectivity index (χ0) is 12.6. The van der Waals surface area contributed by atoms with Crippen LogP contribution in [0.5, 0.6) is 5.88 Å². The molecule has 1 aromatic heterocycles. The van der Waals surface area contributed by atoms with E-state index in [4.69, 9.17) is 23.2 Å². The third-order valence-corrected chi connectivity index (χ3v) is 3.39. The predicted molar refractivity (Wildman–Crippen MR) is 69.7 cm³/mol. The number of H-pyrrole nitrogens is 1. The molecule has 0 aliphatic carbocycles. The topological polar surface area (TPSA) is 66.0 Å². The Hall–Kier alpha value is -1.04. The molecule has 0 saturated carbocycles. The molecule has 0 bridgehead atoms. The van der Waals surface area contributed by atoms with Gasteiger partial charge in [-0.15, -0.1) is 0 Å². The Morgan fingerprint density at radius 2 is 1.88 bits per heavy atom. The van der Waals surface area contributed by atoms with E-state index in [0.717, 1.165) is 0 Å². The highest BCUT2D eigenvalue weighted by atomic mass is 79.9. The summed E-state index contributed by atoms with van der Waals surface area (Å²) >= 11 is 14.8. The van der Waals surface area contributed by atoms with Gasteiger partial charge in [0.2, 0.25) is 5.88 Å². The van der Waals surface area contributed by atoms with Crippen LogP contribution in [0.4, 0.5) is 0 Å². The zero-order valence-electron chi connectivity index (χ0n) is 8.17. The lowest BCUT2D eigenvalue weighted by atomic mass is 10.2. The first kappa shape index (κ1) is 12.4. The molecule has 0 fully saturated rings. The number of aromatic amines is 1. The van der Waals surface area contributed by atoms with Crippen molar-refractivity contribution in [2.75, 3.05) is 0 Å². The van der Waals surface area contributed by atoms with Crippen molar-refractivity contribution >= 4 is 39.1 Å². The minimum absolute atomic E-state index is 0.0376. The standard InChI is InChI=1S/C10H5BrCl2N2O2/c11-7-9(16)14-8(15-10(7)17)6-4(12)2-1-3-5(6)13/h1-3H,(H2,14,15,16,17). The van der Waals surface area contributed by atoms with E-state index in [-0.39, 0.29) is 10.3 Å². The molecule has 17 heavy (non-hydrogen) atoms. The smallest absolute Gasteiger partial charge is 0.269 e. The van der Waals surface area contributed by atoms with Gasteiger partial charge < -0.3 is 10.1 Å². The second-order valence-electron chi connectivity index (χ2n) is 3.15. The van der Waals surface area contributed by atoms with E-state index in [0.29, 0.717) is 15.6 Å². The number of hydrogen-bond donors (Lipinski definition) is 2. The van der Waals surface area contributed by atoms with Gasteiger partial charge >= 0.3 is 0 Å². The minimum atomic E-state index is -0.511. The van der Waals surface area contributed by atoms with Crippen molar-refractivity contribution in [3.05, 3.63) is 43.1 Å². The molecule has 0 unspecified atom stereocenters. The molecule has 0 amide bonds. The van der Waals surface area contributed by atoms with Gasteiger partial charge in [-0.1, -0.05) is 29.3 Å². The maximum atomic E-state index is 11.5. The van der Waals surface area contributed by atoms with Crippen LogP contribution in [0.2, 0.25) is 10.0 Å². The number of hydrogen-bond acceptors (Lipinski definition) is 3. The third-order valence-electron chi connectivity index (χ3n) is 2.04. The number of nitrogens with one attached hydrogen (secondary N) is 1. The van der Waals surface area contributed by atoms with Crippen LogP contribution in [-0.2, 0) is 0 Å². The van der Waals surface area contributed by atoms with Gasteiger partial charge in [0, 0.05) is 0 Å². The van der Waals surface area contributed by atoms with E-state index in [1.807, 2.05) is 0 Å². The van der Waals surface area contributed by atoms with E-state index in [1.54, 1.807) is 18.2 Å². The molecular weight excluding hydrogens is 331 g/mol. The van der Waals surface area contributed by atoms with Crippen LogP contribution in [0.15, 0.2) is 27.5 Å². The fourth-order valence-electron chi connectivity index (χ4n) is 1.29. The summed E-state index contributed by atoms with van der Waals surface area (Å²) in [6.45, 7) is 0. The van der Waals surface area contributed by atoms with Crippen molar-refractivity contribution in [3.63, 3.8) is 0 Å². The van der Waals surface area contributed by atoms with Crippen molar-refractivity contribution < 1.29 is 5.11 Å². The number of aromatic hydroxyl groups is 1.